The van der Waals surface area contributed by atoms with Gasteiger partial charge in [-0.15, -0.1) is 0 Å². The van der Waals surface area contributed by atoms with Crippen molar-refractivity contribution in [2.75, 3.05) is 34.4 Å². The van der Waals surface area contributed by atoms with E-state index in [1.165, 1.54) is 21.3 Å². The summed E-state index contributed by atoms with van der Waals surface area (Å²) in [7, 11) is -1.54. The van der Waals surface area contributed by atoms with Crippen LogP contribution in [0.5, 0.6) is 0 Å². The highest BCUT2D eigenvalue weighted by molar-refractivity contribution is 6.69. The number of hydrogen-bond donors (Lipinski definition) is 8. The van der Waals surface area contributed by atoms with E-state index in [9.17, 15) is 58.8 Å². The molecule has 0 aliphatic heterocycles. The van der Waals surface area contributed by atoms with Crippen LogP contribution >= 0.6 is 0 Å². The molecule has 0 unspecified atom stereocenters. The summed E-state index contributed by atoms with van der Waals surface area (Å²) in [4.78, 5) is 107. The fourth-order valence-corrected chi connectivity index (χ4v) is 11.3. The van der Waals surface area contributed by atoms with Gasteiger partial charge in [-0.25, -0.2) is 29.1 Å². The molecule has 0 saturated carbocycles. The van der Waals surface area contributed by atoms with Crippen LogP contribution in [0.15, 0.2) is 73.3 Å². The first-order chi connectivity index (χ1) is 31.0. The first kappa shape index (κ1) is 50.4. The average molecular weight is 936 g/mol. The van der Waals surface area contributed by atoms with Gasteiger partial charge < -0.3 is 59.1 Å². The van der Waals surface area contributed by atoms with E-state index in [1.807, 2.05) is 0 Å². The van der Waals surface area contributed by atoms with E-state index in [2.05, 4.69) is 31.2 Å². The van der Waals surface area contributed by atoms with Crippen molar-refractivity contribution in [1.29, 1.82) is 0 Å². The summed E-state index contributed by atoms with van der Waals surface area (Å²) in [6.07, 6.45) is 6.92. The summed E-state index contributed by atoms with van der Waals surface area (Å²) in [6, 6.07) is 10.5. The number of carbonyl (C=O) groups excluding carboxylic acids is 4. The molecular weight excluding hydrogens is 889 g/mol. The number of hydrogen-bond acceptors (Lipinski definition) is 12. The van der Waals surface area contributed by atoms with E-state index in [1.54, 1.807) is 49.1 Å². The second-order valence-electron chi connectivity index (χ2n) is 13.8. The van der Waals surface area contributed by atoms with Gasteiger partial charge >= 0.3 is 42.0 Å². The lowest BCUT2D eigenvalue weighted by Gasteiger charge is -2.29. The average Bonchev–Trinajstić information content (AvgIpc) is 3.31. The molecule has 0 aliphatic rings. The number of pyridine rings is 2. The molecule has 0 atom stereocenters. The highest BCUT2D eigenvalue weighted by atomic mass is 28.4. The SMILES string of the molecule is CO[Si](CCCNC(=O)c1cc(C(=O)O)c(C(=O)NCc2cc[nH+]cc2)cc1C(=O)O)O[Si](CCCNC(=O)c1cc(C(=O)NCc2cc[nH+]cc2)c(C(=O)O)cc1C(=O)O)(OC)OC. The number of nitrogens with one attached hydrogen (secondary N) is 6. The lowest BCUT2D eigenvalue weighted by molar-refractivity contribution is -0.378. The molecule has 65 heavy (non-hydrogen) atoms. The molecule has 0 spiro atoms. The molecule has 4 amide bonds. The lowest BCUT2D eigenvalue weighted by atomic mass is 9.97. The maximum absolute atomic E-state index is 13.3. The Morgan fingerprint density at radius 3 is 1.22 bits per heavy atom. The van der Waals surface area contributed by atoms with E-state index in [0.29, 0.717) is 11.1 Å². The Bertz CT molecular complexity index is 2400. The molecule has 0 aliphatic carbocycles. The van der Waals surface area contributed by atoms with Gasteiger partial charge in [-0.3, -0.25) is 19.2 Å². The maximum atomic E-state index is 13.3. The molecule has 2 heterocycles. The zero-order chi connectivity index (χ0) is 47.7. The number of H-pyrrole nitrogens is 2. The molecule has 0 bridgehead atoms. The monoisotopic (exact) mass is 935 g/mol. The van der Waals surface area contributed by atoms with Gasteiger partial charge in [0.2, 0.25) is 0 Å². The number of rotatable bonds is 25. The van der Waals surface area contributed by atoms with Crippen LogP contribution in [0, 0.1) is 0 Å². The van der Waals surface area contributed by atoms with Crippen LogP contribution in [0.2, 0.25) is 12.1 Å². The number of carboxylic acid groups (broad SMARTS) is 4. The van der Waals surface area contributed by atoms with Gasteiger partial charge in [-0.1, -0.05) is 0 Å². The van der Waals surface area contributed by atoms with Crippen LogP contribution in [0.4, 0.5) is 0 Å². The summed E-state index contributed by atoms with van der Waals surface area (Å²) < 4.78 is 23.1. The number of benzene rings is 2. The first-order valence-corrected chi connectivity index (χ1v) is 23.0. The molecule has 2 aromatic heterocycles. The van der Waals surface area contributed by atoms with Gasteiger partial charge in [0, 0.05) is 77.8 Å². The molecule has 22 nitrogen and oxygen atoms in total. The van der Waals surface area contributed by atoms with Crippen molar-refractivity contribution < 1.29 is 86.1 Å². The van der Waals surface area contributed by atoms with Gasteiger partial charge in [-0.05, 0) is 54.3 Å². The molecule has 10 N–H and O–H groups in total. The second-order valence-corrected chi connectivity index (χ2v) is 18.9. The van der Waals surface area contributed by atoms with Crippen molar-refractivity contribution in [2.24, 2.45) is 0 Å². The van der Waals surface area contributed by atoms with Gasteiger partial charge in [0.15, 0.2) is 24.8 Å². The largest absolute Gasteiger partial charge is 0.491 e. The van der Waals surface area contributed by atoms with Crippen molar-refractivity contribution in [3.63, 3.8) is 0 Å². The van der Waals surface area contributed by atoms with E-state index < -0.39 is 110 Å². The second kappa shape index (κ2) is 24.0. The smallest absolute Gasteiger partial charge is 0.478 e. The first-order valence-electron chi connectivity index (χ1n) is 19.6. The van der Waals surface area contributed by atoms with Crippen LogP contribution in [-0.4, -0.2) is 120 Å². The summed E-state index contributed by atoms with van der Waals surface area (Å²) in [6.45, 7) is -0.0468. The minimum Gasteiger partial charge on any atom is -0.478 e. The Kier molecular flexibility index (Phi) is 18.6. The number of aromatic amines is 2. The van der Waals surface area contributed by atoms with Crippen LogP contribution in [-0.2, 0) is 30.5 Å². The van der Waals surface area contributed by atoms with Gasteiger partial charge in [0.25, 0.3) is 23.6 Å². The lowest BCUT2D eigenvalue weighted by Crippen LogP contribution is -2.49. The number of amides is 4. The molecule has 1 radical (unpaired) electrons. The van der Waals surface area contributed by atoms with Crippen LogP contribution in [0.25, 0.3) is 0 Å². The third kappa shape index (κ3) is 13.9. The third-order valence-electron chi connectivity index (χ3n) is 9.60. The highest BCUT2D eigenvalue weighted by Crippen LogP contribution is 2.22. The summed E-state index contributed by atoms with van der Waals surface area (Å²) >= 11 is 0. The quantitative estimate of drug-likeness (QED) is 0.0343. The Morgan fingerprint density at radius 2 is 0.862 bits per heavy atom. The van der Waals surface area contributed by atoms with Crippen LogP contribution < -0.4 is 31.2 Å². The van der Waals surface area contributed by atoms with Crippen molar-refractivity contribution in [2.45, 2.75) is 38.0 Å². The molecular formula is C41H47N6O16Si2+2. The van der Waals surface area contributed by atoms with E-state index in [0.717, 1.165) is 24.3 Å². The predicted octanol–water partition coefficient (Wildman–Crippen LogP) is 1.29. The Morgan fingerprint density at radius 1 is 0.523 bits per heavy atom. The fraction of sp³-hybridized carbons (Fsp3) is 0.268. The molecule has 4 aromatic rings. The van der Waals surface area contributed by atoms with Gasteiger partial charge in [0.05, 0.1) is 44.5 Å². The Labute approximate surface area is 373 Å². The summed E-state index contributed by atoms with van der Waals surface area (Å²) in [5.74, 6) is -9.79. The summed E-state index contributed by atoms with van der Waals surface area (Å²) in [5, 5.41) is 49.6. The van der Waals surface area contributed by atoms with Crippen molar-refractivity contribution in [3.8, 4) is 0 Å². The third-order valence-corrected chi connectivity index (χ3v) is 15.2. The summed E-state index contributed by atoms with van der Waals surface area (Å²) in [5.41, 5.74) is -2.84. The van der Waals surface area contributed by atoms with Crippen molar-refractivity contribution in [3.05, 3.63) is 129 Å². The number of aromatic carboxylic acids is 4. The molecule has 2 aromatic carbocycles. The number of carboxylic acids is 4. The Hall–Kier alpha value is -7.23. The van der Waals surface area contributed by atoms with Crippen molar-refractivity contribution in [1.82, 2.24) is 21.3 Å². The van der Waals surface area contributed by atoms with Crippen LogP contribution in [0.1, 0.15) is 107 Å². The zero-order valence-corrected chi connectivity index (χ0v) is 37.3. The predicted molar refractivity (Wildman–Crippen MR) is 226 cm³/mol. The molecule has 0 fully saturated rings. The van der Waals surface area contributed by atoms with Crippen LogP contribution in [0.3, 0.4) is 0 Å². The molecule has 0 saturated heterocycles. The fourth-order valence-electron chi connectivity index (χ4n) is 6.21. The van der Waals surface area contributed by atoms with Gasteiger partial charge in [0.1, 0.15) is 0 Å². The topological polar surface area (TPSA) is 331 Å². The molecule has 4 rings (SSSR count). The van der Waals surface area contributed by atoms with E-state index >= 15 is 0 Å². The number of aromatic nitrogens is 2. The normalized spacial score (nSPS) is 11.1. The van der Waals surface area contributed by atoms with E-state index in [-0.39, 0.29) is 51.1 Å². The minimum atomic E-state index is -3.49. The molecule has 343 valence electrons. The van der Waals surface area contributed by atoms with E-state index in [4.69, 9.17) is 17.4 Å². The zero-order valence-electron chi connectivity index (χ0n) is 35.3. The highest BCUT2D eigenvalue weighted by Gasteiger charge is 2.42. The molecule has 24 heteroatoms. The minimum absolute atomic E-state index is 0.0185. The standard InChI is InChI=1S/C41H45N6O16Si2/c1-60-64(16-4-10-44-35(49)28-19-31(39(54)55)29(20-30(28)38(52)53)37(51)47-23-25-8-14-43-15-9-25)63-65(61-2,62-3)17-5-11-45-34(48)26-18-27(33(41(58)59)21-32(26)40(56)57)36(50)46-22-24-6-12-42-13-7-24/h6-9,12-15,18-21H,4-5,10-11,16-17,22-23H2,1-3H3,(H,44,49)(H,45,48)(H,46,50)(H,47,51)(H,52,53)(H,54,55)(H,56,57)(H,58,59)/p+2. The maximum Gasteiger partial charge on any atom is 0.491 e. The number of carbonyl (C=O) groups is 8. The van der Waals surface area contributed by atoms with Gasteiger partial charge in [-0.2, -0.15) is 0 Å². The Balaban J connectivity index is 1.35. The van der Waals surface area contributed by atoms with Crippen molar-refractivity contribution >= 4 is 65.6 Å².